The SMILES string of the molecule is CCOC[C@@]1(CCc2ccc(F)cc2)CCN(CCc2cccnc2)C1. The number of aromatic nitrogens is 1. The Morgan fingerprint density at radius 3 is 2.73 bits per heavy atom. The molecule has 0 spiro atoms. The van der Waals surface area contributed by atoms with Crippen LogP contribution in [-0.2, 0) is 17.6 Å². The first-order valence-corrected chi connectivity index (χ1v) is 9.63. The molecule has 1 fully saturated rings. The molecule has 4 heteroatoms. The van der Waals surface area contributed by atoms with E-state index < -0.39 is 0 Å². The molecule has 3 nitrogen and oxygen atoms in total. The summed E-state index contributed by atoms with van der Waals surface area (Å²) in [6.07, 6.45) is 8.05. The third kappa shape index (κ3) is 5.36. The van der Waals surface area contributed by atoms with Gasteiger partial charge in [-0.15, -0.1) is 0 Å². The van der Waals surface area contributed by atoms with E-state index in [1.54, 1.807) is 12.1 Å². The number of likely N-dealkylation sites (tertiary alicyclic amines) is 1. The summed E-state index contributed by atoms with van der Waals surface area (Å²) in [6, 6.07) is 11.1. The van der Waals surface area contributed by atoms with Gasteiger partial charge in [0, 0.05) is 37.5 Å². The second-order valence-electron chi connectivity index (χ2n) is 7.40. The number of hydrogen-bond donors (Lipinski definition) is 0. The number of halogens is 1. The molecule has 2 aromatic rings. The van der Waals surface area contributed by atoms with Gasteiger partial charge >= 0.3 is 0 Å². The summed E-state index contributed by atoms with van der Waals surface area (Å²) in [6.45, 7) is 6.90. The average molecular weight is 356 g/mol. The molecule has 0 amide bonds. The number of hydrogen-bond acceptors (Lipinski definition) is 3. The number of nitrogens with zero attached hydrogens (tertiary/aromatic N) is 2. The molecule has 140 valence electrons. The van der Waals surface area contributed by atoms with Crippen molar-refractivity contribution < 1.29 is 9.13 Å². The van der Waals surface area contributed by atoms with Crippen molar-refractivity contribution in [3.05, 3.63) is 65.7 Å². The van der Waals surface area contributed by atoms with Gasteiger partial charge in [-0.1, -0.05) is 18.2 Å². The largest absolute Gasteiger partial charge is 0.381 e. The number of pyridine rings is 1. The predicted octanol–water partition coefficient (Wildman–Crippen LogP) is 4.12. The molecule has 0 unspecified atom stereocenters. The van der Waals surface area contributed by atoms with Gasteiger partial charge in [-0.3, -0.25) is 4.98 Å². The molecule has 0 bridgehead atoms. The Labute approximate surface area is 156 Å². The predicted molar refractivity (Wildman–Crippen MR) is 103 cm³/mol. The highest BCUT2D eigenvalue weighted by atomic mass is 19.1. The standard InChI is InChI=1S/C22H29FN2O/c1-2-26-18-22(11-9-19-5-7-21(23)8-6-19)12-15-25(17-22)14-10-20-4-3-13-24-16-20/h3-8,13,16H,2,9-12,14-15,17-18H2,1H3/t22-/m0/s1. The van der Waals surface area contributed by atoms with Gasteiger partial charge in [-0.05, 0) is 68.5 Å². The van der Waals surface area contributed by atoms with Crippen LogP contribution in [0.3, 0.4) is 0 Å². The zero-order valence-corrected chi connectivity index (χ0v) is 15.7. The maximum Gasteiger partial charge on any atom is 0.123 e. The molecule has 1 saturated heterocycles. The van der Waals surface area contributed by atoms with Gasteiger partial charge in [0.05, 0.1) is 6.61 Å². The van der Waals surface area contributed by atoms with Crippen LogP contribution >= 0.6 is 0 Å². The first-order valence-electron chi connectivity index (χ1n) is 9.63. The topological polar surface area (TPSA) is 25.4 Å². The van der Waals surface area contributed by atoms with E-state index in [0.717, 1.165) is 52.1 Å². The maximum absolute atomic E-state index is 13.1. The van der Waals surface area contributed by atoms with Crippen molar-refractivity contribution in [2.75, 3.05) is 32.8 Å². The van der Waals surface area contributed by atoms with Gasteiger partial charge in [0.15, 0.2) is 0 Å². The monoisotopic (exact) mass is 356 g/mol. The molecule has 1 atom stereocenters. The van der Waals surface area contributed by atoms with Crippen LogP contribution in [0.5, 0.6) is 0 Å². The van der Waals surface area contributed by atoms with E-state index in [4.69, 9.17) is 4.74 Å². The van der Waals surface area contributed by atoms with Crippen LogP contribution in [0.2, 0.25) is 0 Å². The summed E-state index contributed by atoms with van der Waals surface area (Å²) < 4.78 is 19.0. The van der Waals surface area contributed by atoms with E-state index in [0.29, 0.717) is 0 Å². The van der Waals surface area contributed by atoms with Crippen LogP contribution in [0.25, 0.3) is 0 Å². The van der Waals surface area contributed by atoms with Crippen molar-refractivity contribution in [1.82, 2.24) is 9.88 Å². The van der Waals surface area contributed by atoms with Gasteiger partial charge in [0.25, 0.3) is 0 Å². The summed E-state index contributed by atoms with van der Waals surface area (Å²) in [5, 5.41) is 0. The highest BCUT2D eigenvalue weighted by Crippen LogP contribution is 2.36. The lowest BCUT2D eigenvalue weighted by molar-refractivity contribution is 0.0495. The Hall–Kier alpha value is -1.78. The minimum absolute atomic E-state index is 0.166. The highest BCUT2D eigenvalue weighted by molar-refractivity contribution is 5.16. The molecule has 1 aliphatic heterocycles. The Balaban J connectivity index is 1.56. The van der Waals surface area contributed by atoms with Crippen molar-refractivity contribution in [1.29, 1.82) is 0 Å². The summed E-state index contributed by atoms with van der Waals surface area (Å²) in [5.74, 6) is -0.166. The quantitative estimate of drug-likeness (QED) is 0.676. The zero-order valence-electron chi connectivity index (χ0n) is 15.7. The minimum atomic E-state index is -0.166. The van der Waals surface area contributed by atoms with Gasteiger partial charge in [-0.2, -0.15) is 0 Å². The van der Waals surface area contributed by atoms with Crippen LogP contribution in [-0.4, -0.2) is 42.7 Å². The molecule has 0 saturated carbocycles. The third-order valence-electron chi connectivity index (χ3n) is 5.43. The molecule has 1 aliphatic rings. The maximum atomic E-state index is 13.1. The lowest BCUT2D eigenvalue weighted by atomic mass is 9.82. The molecule has 2 heterocycles. The molecule has 0 aliphatic carbocycles. The van der Waals surface area contributed by atoms with E-state index in [9.17, 15) is 4.39 Å². The molecular weight excluding hydrogens is 327 g/mol. The van der Waals surface area contributed by atoms with Crippen LogP contribution in [0, 0.1) is 11.2 Å². The van der Waals surface area contributed by atoms with E-state index in [1.807, 2.05) is 30.6 Å². The fourth-order valence-corrected chi connectivity index (χ4v) is 3.83. The highest BCUT2D eigenvalue weighted by Gasteiger charge is 2.37. The number of ether oxygens (including phenoxy) is 1. The van der Waals surface area contributed by atoms with Crippen LogP contribution in [0.1, 0.15) is 30.9 Å². The summed E-state index contributed by atoms with van der Waals surface area (Å²) >= 11 is 0. The Bertz CT molecular complexity index is 662. The molecule has 1 aromatic heterocycles. The second-order valence-corrected chi connectivity index (χ2v) is 7.40. The average Bonchev–Trinajstić information content (AvgIpc) is 3.09. The molecular formula is C22H29FN2O. The van der Waals surface area contributed by atoms with Crippen molar-refractivity contribution >= 4 is 0 Å². The summed E-state index contributed by atoms with van der Waals surface area (Å²) in [4.78, 5) is 6.76. The van der Waals surface area contributed by atoms with Crippen molar-refractivity contribution in [3.63, 3.8) is 0 Å². The normalized spacial score (nSPS) is 20.5. The molecule has 26 heavy (non-hydrogen) atoms. The van der Waals surface area contributed by atoms with Crippen LogP contribution in [0.4, 0.5) is 4.39 Å². The van der Waals surface area contributed by atoms with Crippen molar-refractivity contribution in [2.45, 2.75) is 32.6 Å². The smallest absolute Gasteiger partial charge is 0.123 e. The summed E-state index contributed by atoms with van der Waals surface area (Å²) in [5.41, 5.74) is 2.71. The molecule has 0 N–H and O–H groups in total. The lowest BCUT2D eigenvalue weighted by Gasteiger charge is -2.29. The Morgan fingerprint density at radius 1 is 1.15 bits per heavy atom. The fraction of sp³-hybridized carbons (Fsp3) is 0.500. The second kappa shape index (κ2) is 9.24. The van der Waals surface area contributed by atoms with Crippen molar-refractivity contribution in [3.8, 4) is 0 Å². The lowest BCUT2D eigenvalue weighted by Crippen LogP contribution is -2.33. The molecule has 0 radical (unpaired) electrons. The van der Waals surface area contributed by atoms with E-state index >= 15 is 0 Å². The first kappa shape index (κ1) is 19.0. The van der Waals surface area contributed by atoms with Gasteiger partial charge in [-0.25, -0.2) is 4.39 Å². The van der Waals surface area contributed by atoms with E-state index in [1.165, 1.54) is 17.5 Å². The number of benzene rings is 1. The van der Waals surface area contributed by atoms with E-state index in [2.05, 4.69) is 22.9 Å². The Morgan fingerprint density at radius 2 is 2.00 bits per heavy atom. The van der Waals surface area contributed by atoms with E-state index in [-0.39, 0.29) is 11.2 Å². The minimum Gasteiger partial charge on any atom is -0.381 e. The number of rotatable bonds is 9. The first-order chi connectivity index (χ1) is 12.7. The fourth-order valence-electron chi connectivity index (χ4n) is 3.83. The third-order valence-corrected chi connectivity index (χ3v) is 5.43. The molecule has 1 aromatic carbocycles. The summed E-state index contributed by atoms with van der Waals surface area (Å²) in [7, 11) is 0. The van der Waals surface area contributed by atoms with Crippen LogP contribution in [0.15, 0.2) is 48.8 Å². The number of aryl methyl sites for hydroxylation is 1. The Kier molecular flexibility index (Phi) is 6.75. The van der Waals surface area contributed by atoms with Gasteiger partial charge in [0.1, 0.15) is 5.82 Å². The molecule has 3 rings (SSSR count). The zero-order chi connectivity index (χ0) is 18.2. The van der Waals surface area contributed by atoms with Gasteiger partial charge < -0.3 is 9.64 Å². The van der Waals surface area contributed by atoms with Gasteiger partial charge in [0.2, 0.25) is 0 Å². The van der Waals surface area contributed by atoms with Crippen molar-refractivity contribution in [2.24, 2.45) is 5.41 Å². The van der Waals surface area contributed by atoms with Crippen LogP contribution < -0.4 is 0 Å².